The van der Waals surface area contributed by atoms with Crippen molar-refractivity contribution < 1.29 is 62.5 Å². The summed E-state index contributed by atoms with van der Waals surface area (Å²) in [4.78, 5) is 24.8. The van der Waals surface area contributed by atoms with Gasteiger partial charge in [0, 0.05) is 19.6 Å². The first-order valence-electron chi connectivity index (χ1n) is 5.47. The second-order valence-corrected chi connectivity index (χ2v) is 2.96. The summed E-state index contributed by atoms with van der Waals surface area (Å²) in [6.07, 6.45) is -0.637. The molecule has 0 aromatic rings. The maximum Gasteiger partial charge on any atom is 4.00 e. The van der Waals surface area contributed by atoms with Crippen LogP contribution < -0.4 is 22.1 Å². The number of aliphatic hydroxyl groups is 2. The third-order valence-electron chi connectivity index (χ3n) is 1.27. The summed E-state index contributed by atoms with van der Waals surface area (Å²) in [6.45, 7) is 1.86. The number of rotatable bonds is 1. The van der Waals surface area contributed by atoms with E-state index in [9.17, 15) is 0 Å². The van der Waals surface area contributed by atoms with Crippen molar-refractivity contribution in [1.82, 2.24) is 10.6 Å². The van der Waals surface area contributed by atoms with Gasteiger partial charge in [-0.05, 0) is 6.42 Å². The molecule has 0 amide bonds. The number of nitrogens with two attached hydrogens (primary N) is 2. The fourth-order valence-corrected chi connectivity index (χ4v) is 0.681. The van der Waals surface area contributed by atoms with Gasteiger partial charge in [0.25, 0.3) is 10.2 Å². The normalized spacial score (nSPS) is 16.3. The van der Waals surface area contributed by atoms with Gasteiger partial charge in [0.2, 0.25) is 0 Å². The molecule has 1 aliphatic rings. The molecule has 154 valence electrons. The van der Waals surface area contributed by atoms with Crippen LogP contribution in [0.4, 0.5) is 0 Å². The summed E-state index contributed by atoms with van der Waals surface area (Å²) >= 11 is 0. The van der Waals surface area contributed by atoms with Crippen LogP contribution in [0.5, 0.6) is 0 Å². The van der Waals surface area contributed by atoms with E-state index in [0.29, 0.717) is 26.1 Å². The molecular weight excluding hydrogens is 541 g/mol. The van der Waals surface area contributed by atoms with Crippen LogP contribution >= 0.6 is 0 Å². The third kappa shape index (κ3) is 107. The monoisotopic (exact) mass is 563 g/mol. The molecular formula is C6H22N7O11Pt+3. The Labute approximate surface area is 154 Å². The van der Waals surface area contributed by atoms with Gasteiger partial charge in [-0.3, -0.25) is 10.6 Å². The molecule has 1 aliphatic heterocycles. The molecule has 1 saturated heterocycles. The standard InChI is InChI=1S/C4H10N2O2.C2H8N2.2HNO3.HNO2.H2O.Pt/c7-3-1-2-5-4(8)6-3;3-1-2-4;2*2-1(3)4;2-1-3;;/h3-8H,1-2H2;1-4H2;2*(H,2,3,4);(H,2,3);1H2;/q;;;;;;+4/p-1. The smallest absolute Gasteiger partial charge is 0.870 e. The van der Waals surface area contributed by atoms with Gasteiger partial charge >= 0.3 is 21.1 Å². The molecule has 0 aromatic carbocycles. The second kappa shape index (κ2) is 33.7. The predicted octanol–water partition coefficient (Wildman–Crippen LogP) is -3.67. The van der Waals surface area contributed by atoms with E-state index in [1.165, 1.54) is 5.34 Å². The molecule has 0 spiro atoms. The molecule has 25 heavy (non-hydrogen) atoms. The number of hydrogen-bond acceptors (Lipinski definition) is 13. The van der Waals surface area contributed by atoms with Crippen molar-refractivity contribution in [2.75, 3.05) is 19.6 Å². The Balaban J connectivity index is -0.0000000470. The maximum atomic E-state index is 8.77. The molecule has 1 fully saturated rings. The summed E-state index contributed by atoms with van der Waals surface area (Å²) in [6, 6.07) is 0. The minimum atomic E-state index is -1.50. The molecule has 0 saturated carbocycles. The van der Waals surface area contributed by atoms with Gasteiger partial charge in [0.05, 0.1) is 0 Å². The van der Waals surface area contributed by atoms with Crippen LogP contribution in [0.2, 0.25) is 0 Å². The Kier molecular flexibility index (Phi) is 52.2. The van der Waals surface area contributed by atoms with Gasteiger partial charge < -0.3 is 42.8 Å². The summed E-state index contributed by atoms with van der Waals surface area (Å²) in [5, 5.41) is 57.8. The van der Waals surface area contributed by atoms with E-state index in [4.69, 9.17) is 62.4 Å². The SMILES string of the molecule is NCCN.O=NO.O=[N+]([O-])O.O=[N+]([O-])O.OC1CCNC(O)N1.[OH-].[Pt+4]. The van der Waals surface area contributed by atoms with E-state index in [0.717, 1.165) is 0 Å². The zero-order valence-electron chi connectivity index (χ0n) is 12.5. The topological polar surface area (TPSA) is 323 Å². The molecule has 1 rings (SSSR count). The van der Waals surface area contributed by atoms with Crippen molar-refractivity contribution in [1.29, 1.82) is 0 Å². The zero-order chi connectivity index (χ0) is 19.3. The van der Waals surface area contributed by atoms with Crippen molar-refractivity contribution in [3.8, 4) is 0 Å². The van der Waals surface area contributed by atoms with Gasteiger partial charge in [-0.2, -0.15) is 0 Å². The van der Waals surface area contributed by atoms with Crippen molar-refractivity contribution in [2.45, 2.75) is 19.0 Å². The van der Waals surface area contributed by atoms with Crippen molar-refractivity contribution in [3.63, 3.8) is 0 Å². The molecule has 2 unspecified atom stereocenters. The van der Waals surface area contributed by atoms with Gasteiger partial charge in [0.1, 0.15) is 6.23 Å². The van der Waals surface area contributed by atoms with E-state index in [1.54, 1.807) is 0 Å². The van der Waals surface area contributed by atoms with E-state index < -0.39 is 22.8 Å². The summed E-state index contributed by atoms with van der Waals surface area (Å²) in [7, 11) is 0. The predicted molar refractivity (Wildman–Crippen MR) is 73.0 cm³/mol. The molecule has 1 heterocycles. The zero-order valence-corrected chi connectivity index (χ0v) is 14.8. The maximum absolute atomic E-state index is 8.77. The molecule has 19 heteroatoms. The largest absolute Gasteiger partial charge is 4.00 e. The van der Waals surface area contributed by atoms with Gasteiger partial charge in [-0.15, -0.1) is 25.1 Å². The Morgan fingerprint density at radius 3 is 1.52 bits per heavy atom. The number of nitrogens with one attached hydrogen (secondary N) is 2. The van der Waals surface area contributed by atoms with Gasteiger partial charge in [0.15, 0.2) is 11.7 Å². The Hall–Kier alpha value is -1.79. The molecule has 0 aliphatic carbocycles. The quantitative estimate of drug-likeness (QED) is 0.0843. The van der Waals surface area contributed by atoms with Crippen LogP contribution in [-0.4, -0.2) is 73.7 Å². The number of aliphatic hydroxyl groups excluding tert-OH is 2. The van der Waals surface area contributed by atoms with Crippen LogP contribution in [-0.2, 0) is 21.1 Å². The van der Waals surface area contributed by atoms with E-state index >= 15 is 0 Å². The summed E-state index contributed by atoms with van der Waals surface area (Å²) in [5.74, 6) is 0. The van der Waals surface area contributed by atoms with Crippen molar-refractivity contribution in [2.24, 2.45) is 16.8 Å². The minimum absolute atomic E-state index is 0. The molecule has 0 radical (unpaired) electrons. The Bertz CT molecular complexity index is 260. The Morgan fingerprint density at radius 1 is 1.12 bits per heavy atom. The molecule has 12 N–H and O–H groups in total. The van der Waals surface area contributed by atoms with Crippen molar-refractivity contribution in [3.05, 3.63) is 25.1 Å². The fourth-order valence-electron chi connectivity index (χ4n) is 0.681. The minimum Gasteiger partial charge on any atom is -0.870 e. The van der Waals surface area contributed by atoms with E-state index in [1.807, 2.05) is 0 Å². The van der Waals surface area contributed by atoms with Crippen LogP contribution in [0.3, 0.4) is 0 Å². The van der Waals surface area contributed by atoms with E-state index in [2.05, 4.69) is 10.6 Å². The number of nitrogens with zero attached hydrogens (tertiary/aromatic N) is 3. The van der Waals surface area contributed by atoms with Gasteiger partial charge in [-0.25, -0.2) is 0 Å². The second-order valence-electron chi connectivity index (χ2n) is 2.96. The first-order valence-corrected chi connectivity index (χ1v) is 5.47. The summed E-state index contributed by atoms with van der Waals surface area (Å²) in [5.41, 5.74) is 9.81. The van der Waals surface area contributed by atoms with Gasteiger partial charge in [-0.1, -0.05) is 0 Å². The average molecular weight is 563 g/mol. The molecule has 0 aromatic heterocycles. The fraction of sp³-hybridized carbons (Fsp3) is 1.00. The van der Waals surface area contributed by atoms with E-state index in [-0.39, 0.29) is 26.5 Å². The van der Waals surface area contributed by atoms with Crippen molar-refractivity contribution >= 4 is 0 Å². The molecule has 2 atom stereocenters. The van der Waals surface area contributed by atoms with Crippen LogP contribution in [0, 0.1) is 25.1 Å². The van der Waals surface area contributed by atoms with Crippen LogP contribution in [0.1, 0.15) is 6.42 Å². The van der Waals surface area contributed by atoms with Crippen LogP contribution in [0.15, 0.2) is 5.34 Å². The van der Waals surface area contributed by atoms with Crippen LogP contribution in [0.25, 0.3) is 0 Å². The average Bonchev–Trinajstić information content (AvgIpc) is 2.38. The molecule has 0 bridgehead atoms. The Morgan fingerprint density at radius 2 is 1.40 bits per heavy atom. The number of hydrogen-bond donors (Lipinski definition) is 9. The first-order chi connectivity index (χ1) is 10.6. The summed E-state index contributed by atoms with van der Waals surface area (Å²) < 4.78 is 0. The first kappa shape index (κ1) is 38.7. The molecule has 18 nitrogen and oxygen atoms in total. The third-order valence-corrected chi connectivity index (χ3v) is 1.27.